The Kier molecular flexibility index (Phi) is 19.1. The summed E-state index contributed by atoms with van der Waals surface area (Å²) in [7, 11) is 0.626. The third-order valence-electron chi connectivity index (χ3n) is 6.21. The monoisotopic (exact) mass is 370 g/mol. The van der Waals surface area contributed by atoms with Crippen molar-refractivity contribution in [2.45, 2.75) is 142 Å². The largest absolute Gasteiger partial charge is 0.420 e. The van der Waals surface area contributed by atoms with Crippen LogP contribution in [0.4, 0.5) is 0 Å². The van der Waals surface area contributed by atoms with Crippen molar-refractivity contribution in [3.63, 3.8) is 0 Å². The molecule has 0 atom stereocenters. The highest BCUT2D eigenvalue weighted by Gasteiger charge is 2.28. The van der Waals surface area contributed by atoms with E-state index in [1.165, 1.54) is 121 Å². The minimum atomic E-state index is -1.32. The normalized spacial score (nSPS) is 12.0. The lowest BCUT2D eigenvalue weighted by molar-refractivity contribution is 0.388. The zero-order valence-electron chi connectivity index (χ0n) is 18.3. The molecule has 0 heterocycles. The van der Waals surface area contributed by atoms with E-state index in [1.54, 1.807) is 0 Å². The summed E-state index contributed by atoms with van der Waals surface area (Å²) in [4.78, 5) is 0. The van der Waals surface area contributed by atoms with Gasteiger partial charge in [0, 0.05) is 7.11 Å². The molecule has 0 saturated heterocycles. The van der Waals surface area contributed by atoms with Crippen molar-refractivity contribution in [3.8, 4) is 0 Å². The zero-order chi connectivity index (χ0) is 18.6. The smallest absolute Gasteiger partial charge is 0.191 e. The van der Waals surface area contributed by atoms with E-state index in [2.05, 4.69) is 20.8 Å². The van der Waals surface area contributed by atoms with Crippen LogP contribution in [-0.2, 0) is 4.43 Å². The second-order valence-corrected chi connectivity index (χ2v) is 12.8. The van der Waals surface area contributed by atoms with E-state index in [0.717, 1.165) is 0 Å². The third-order valence-corrected chi connectivity index (χ3v) is 10.9. The van der Waals surface area contributed by atoms with E-state index in [4.69, 9.17) is 4.43 Å². The van der Waals surface area contributed by atoms with Gasteiger partial charge in [-0.25, -0.2) is 0 Å². The average Bonchev–Trinajstić information content (AvgIpc) is 2.65. The molecule has 1 nitrogen and oxygen atoms in total. The summed E-state index contributed by atoms with van der Waals surface area (Å²) in [6.45, 7) is 6.95. The van der Waals surface area contributed by atoms with Crippen LogP contribution in [0.5, 0.6) is 0 Å². The highest BCUT2D eigenvalue weighted by atomic mass is 28.4. The topological polar surface area (TPSA) is 9.23 Å². The van der Waals surface area contributed by atoms with Crippen molar-refractivity contribution < 1.29 is 4.43 Å². The maximum Gasteiger partial charge on any atom is 0.191 e. The standard InChI is InChI=1S/C23H50OSi/c1-5-8-9-10-11-12-13-14-15-16-17-18-19-20-21-22-23-25(6-2,7-3)24-4/h5-23H2,1-4H3. The van der Waals surface area contributed by atoms with E-state index in [1.807, 2.05) is 7.11 Å². The first kappa shape index (κ1) is 25.2. The van der Waals surface area contributed by atoms with Gasteiger partial charge in [0.25, 0.3) is 0 Å². The van der Waals surface area contributed by atoms with Gasteiger partial charge in [-0.2, -0.15) is 0 Å². The lowest BCUT2D eigenvalue weighted by Crippen LogP contribution is -2.34. The van der Waals surface area contributed by atoms with Gasteiger partial charge < -0.3 is 4.43 Å². The molecule has 0 aromatic heterocycles. The van der Waals surface area contributed by atoms with Gasteiger partial charge in [-0.05, 0) is 18.1 Å². The first-order valence-corrected chi connectivity index (χ1v) is 14.3. The first-order chi connectivity index (χ1) is 12.2. The van der Waals surface area contributed by atoms with Crippen molar-refractivity contribution in [2.75, 3.05) is 7.11 Å². The molecule has 0 aromatic rings. The van der Waals surface area contributed by atoms with Gasteiger partial charge in [0.05, 0.1) is 0 Å². The van der Waals surface area contributed by atoms with Crippen LogP contribution in [0, 0.1) is 0 Å². The third kappa shape index (κ3) is 15.0. The molecule has 0 unspecified atom stereocenters. The van der Waals surface area contributed by atoms with Crippen LogP contribution in [0.2, 0.25) is 18.1 Å². The van der Waals surface area contributed by atoms with E-state index in [9.17, 15) is 0 Å². The number of rotatable bonds is 20. The van der Waals surface area contributed by atoms with Crippen LogP contribution in [0.1, 0.15) is 124 Å². The van der Waals surface area contributed by atoms with Gasteiger partial charge in [-0.3, -0.25) is 0 Å². The fourth-order valence-electron chi connectivity index (χ4n) is 3.99. The summed E-state index contributed by atoms with van der Waals surface area (Å²) in [5.74, 6) is 0. The molecule has 0 aliphatic heterocycles. The quantitative estimate of drug-likeness (QED) is 0.153. The molecule has 152 valence electrons. The van der Waals surface area contributed by atoms with Crippen LogP contribution in [0.15, 0.2) is 0 Å². The second-order valence-electron chi connectivity index (χ2n) is 8.15. The molecule has 0 spiro atoms. The van der Waals surface area contributed by atoms with Crippen LogP contribution < -0.4 is 0 Å². The molecule has 0 aromatic carbocycles. The van der Waals surface area contributed by atoms with E-state index < -0.39 is 8.32 Å². The first-order valence-electron chi connectivity index (χ1n) is 11.8. The maximum atomic E-state index is 5.90. The molecular formula is C23H50OSi. The lowest BCUT2D eigenvalue weighted by Gasteiger charge is -2.27. The molecule has 0 aliphatic carbocycles. The van der Waals surface area contributed by atoms with Crippen molar-refractivity contribution in [2.24, 2.45) is 0 Å². The fourth-order valence-corrected chi connectivity index (χ4v) is 6.87. The van der Waals surface area contributed by atoms with Crippen LogP contribution in [0.3, 0.4) is 0 Å². The predicted octanol–water partition coefficient (Wildman–Crippen LogP) is 8.88. The molecule has 0 aliphatic rings. The highest BCUT2D eigenvalue weighted by molar-refractivity contribution is 6.73. The number of hydrogen-bond acceptors (Lipinski definition) is 1. The Labute approximate surface area is 161 Å². The number of hydrogen-bond donors (Lipinski definition) is 0. The summed E-state index contributed by atoms with van der Waals surface area (Å²) in [5, 5.41) is 0. The summed E-state index contributed by atoms with van der Waals surface area (Å²) < 4.78 is 5.90. The Morgan fingerprint density at radius 1 is 0.480 bits per heavy atom. The summed E-state index contributed by atoms with van der Waals surface area (Å²) in [6, 6.07) is 3.96. The zero-order valence-corrected chi connectivity index (χ0v) is 19.3. The molecule has 0 fully saturated rings. The molecule has 25 heavy (non-hydrogen) atoms. The average molecular weight is 371 g/mol. The molecule has 2 heteroatoms. The number of unbranched alkanes of at least 4 members (excludes halogenated alkanes) is 15. The van der Waals surface area contributed by atoms with Gasteiger partial charge >= 0.3 is 0 Å². The Morgan fingerprint density at radius 2 is 0.800 bits per heavy atom. The second kappa shape index (κ2) is 19.0. The molecule has 0 N–H and O–H groups in total. The van der Waals surface area contributed by atoms with Gasteiger partial charge in [0.1, 0.15) is 0 Å². The molecule has 0 bridgehead atoms. The lowest BCUT2D eigenvalue weighted by atomic mass is 10.0. The van der Waals surface area contributed by atoms with Crippen molar-refractivity contribution in [1.82, 2.24) is 0 Å². The Bertz CT molecular complexity index is 242. The minimum absolute atomic E-state index is 1.29. The summed E-state index contributed by atoms with van der Waals surface area (Å²) in [5.41, 5.74) is 0. The SMILES string of the molecule is CCCCCCCCCCCCCCCCCC[Si](CC)(CC)OC. The summed E-state index contributed by atoms with van der Waals surface area (Å²) in [6.07, 6.45) is 23.3. The van der Waals surface area contributed by atoms with Crippen LogP contribution in [-0.4, -0.2) is 15.4 Å². The fraction of sp³-hybridized carbons (Fsp3) is 1.00. The minimum Gasteiger partial charge on any atom is -0.420 e. The maximum absolute atomic E-state index is 5.90. The van der Waals surface area contributed by atoms with Gasteiger partial charge in [-0.1, -0.05) is 124 Å². The van der Waals surface area contributed by atoms with Crippen molar-refractivity contribution in [1.29, 1.82) is 0 Å². The molecule has 0 radical (unpaired) electrons. The molecule has 0 amide bonds. The Balaban J connectivity index is 3.21. The Hall–Kier alpha value is 0.177. The Morgan fingerprint density at radius 3 is 1.08 bits per heavy atom. The molecule has 0 saturated carbocycles. The van der Waals surface area contributed by atoms with E-state index in [0.29, 0.717) is 0 Å². The van der Waals surface area contributed by atoms with Crippen molar-refractivity contribution >= 4 is 8.32 Å². The van der Waals surface area contributed by atoms with Gasteiger partial charge in [0.15, 0.2) is 8.32 Å². The van der Waals surface area contributed by atoms with Crippen molar-refractivity contribution in [3.05, 3.63) is 0 Å². The predicted molar refractivity (Wildman–Crippen MR) is 118 cm³/mol. The van der Waals surface area contributed by atoms with Crippen LogP contribution in [0.25, 0.3) is 0 Å². The highest BCUT2D eigenvalue weighted by Crippen LogP contribution is 2.24. The van der Waals surface area contributed by atoms with E-state index >= 15 is 0 Å². The summed E-state index contributed by atoms with van der Waals surface area (Å²) >= 11 is 0. The van der Waals surface area contributed by atoms with E-state index in [-0.39, 0.29) is 0 Å². The van der Waals surface area contributed by atoms with Gasteiger partial charge in [-0.15, -0.1) is 0 Å². The molecular weight excluding hydrogens is 320 g/mol. The van der Waals surface area contributed by atoms with Gasteiger partial charge in [0.2, 0.25) is 0 Å². The van der Waals surface area contributed by atoms with Crippen LogP contribution >= 0.6 is 0 Å². The molecule has 0 rings (SSSR count).